The first kappa shape index (κ1) is 35.7. The van der Waals surface area contributed by atoms with E-state index in [0.717, 1.165) is 29.1 Å². The maximum atomic E-state index is 16.0. The highest BCUT2D eigenvalue weighted by molar-refractivity contribution is 7.91. The van der Waals surface area contributed by atoms with Gasteiger partial charge in [-0.15, -0.1) is 0 Å². The van der Waals surface area contributed by atoms with Crippen molar-refractivity contribution in [3.63, 3.8) is 0 Å². The largest absolute Gasteiger partial charge is 0.495 e. The number of sulfonamides is 1. The Bertz CT molecular complexity index is 1530. The van der Waals surface area contributed by atoms with Gasteiger partial charge in [-0.05, 0) is 74.4 Å². The van der Waals surface area contributed by atoms with E-state index in [1.165, 1.54) is 50.8 Å². The molecule has 12 heteroatoms. The van der Waals surface area contributed by atoms with Crippen LogP contribution in [0.15, 0.2) is 53.2 Å². The second-order valence-corrected chi connectivity index (χ2v) is 14.0. The van der Waals surface area contributed by atoms with Crippen LogP contribution < -0.4 is 15.8 Å². The number of benzene rings is 1. The third kappa shape index (κ3) is 7.21. The van der Waals surface area contributed by atoms with E-state index in [2.05, 4.69) is 17.2 Å². The Hall–Kier alpha value is -3.80. The van der Waals surface area contributed by atoms with E-state index >= 15 is 4.39 Å². The number of nitrogens with zero attached hydrogens (tertiary/aromatic N) is 3. The van der Waals surface area contributed by atoms with Gasteiger partial charge in [0.05, 0.1) is 13.3 Å². The predicted octanol–water partition coefficient (Wildman–Crippen LogP) is 6.40. The Morgan fingerprint density at radius 1 is 1.22 bits per heavy atom. The first-order valence-corrected chi connectivity index (χ1v) is 16.9. The van der Waals surface area contributed by atoms with Gasteiger partial charge in [-0.1, -0.05) is 52.5 Å². The van der Waals surface area contributed by atoms with E-state index < -0.39 is 32.0 Å². The molecule has 1 aliphatic rings. The van der Waals surface area contributed by atoms with Crippen LogP contribution in [-0.4, -0.2) is 54.7 Å². The van der Waals surface area contributed by atoms with Gasteiger partial charge in [0.2, 0.25) is 16.0 Å². The molecule has 0 saturated carbocycles. The number of allylic oxidation sites excluding steroid dienone is 2. The number of aliphatic imine (C=N–C) groups is 1. The minimum absolute atomic E-state index is 0.0108. The standard InChI is InChI=1S/C33H47FN6O4S/c1-7-10-11-12-24(21-35)18-23(9-3)20-33(17-8-2)32(4,39-31(36)40(5)45(33,42)43)27-19-25(13-15-28(27)34)38-30(41)29-16-14-26(44-6)22-37-29/h12-16,19,21-23,35H,7-11,17-18,20H2,1-6H3,(H2,36,39)(H,38,41). The minimum atomic E-state index is -4.18. The van der Waals surface area contributed by atoms with Gasteiger partial charge >= 0.3 is 0 Å². The van der Waals surface area contributed by atoms with Crippen molar-refractivity contribution in [2.75, 3.05) is 19.5 Å². The molecule has 2 heterocycles. The lowest BCUT2D eigenvalue weighted by molar-refractivity contribution is 0.102. The van der Waals surface area contributed by atoms with Crippen LogP contribution in [0.25, 0.3) is 0 Å². The summed E-state index contributed by atoms with van der Waals surface area (Å²) in [6.45, 7) is 7.61. The highest BCUT2D eigenvalue weighted by Gasteiger charge is 2.63. The van der Waals surface area contributed by atoms with Gasteiger partial charge in [0.25, 0.3) is 5.91 Å². The van der Waals surface area contributed by atoms with Crippen LogP contribution >= 0.6 is 0 Å². The van der Waals surface area contributed by atoms with Crippen molar-refractivity contribution < 1.29 is 22.3 Å². The van der Waals surface area contributed by atoms with Gasteiger partial charge in [0.15, 0.2) is 0 Å². The Morgan fingerprint density at radius 2 is 1.96 bits per heavy atom. The average Bonchev–Trinajstić information content (AvgIpc) is 3.03. The monoisotopic (exact) mass is 642 g/mol. The molecule has 0 fully saturated rings. The first-order valence-electron chi connectivity index (χ1n) is 15.5. The number of hydrogen-bond donors (Lipinski definition) is 3. The van der Waals surface area contributed by atoms with Crippen LogP contribution in [-0.2, 0) is 15.6 Å². The fraction of sp³-hybridized carbons (Fsp3) is 0.515. The number of carbonyl (C=O) groups excluding carboxylic acids is 1. The lowest BCUT2D eigenvalue weighted by Gasteiger charge is -2.52. The molecule has 4 N–H and O–H groups in total. The van der Waals surface area contributed by atoms with Gasteiger partial charge in [-0.25, -0.2) is 27.1 Å². The zero-order valence-electron chi connectivity index (χ0n) is 27.2. The number of aromatic nitrogens is 1. The number of hydrogen-bond acceptors (Lipinski definition) is 8. The Morgan fingerprint density at radius 3 is 2.53 bits per heavy atom. The summed E-state index contributed by atoms with van der Waals surface area (Å²) in [6.07, 6.45) is 9.67. The number of nitrogens with two attached hydrogens (primary N) is 1. The van der Waals surface area contributed by atoms with Crippen LogP contribution in [0.4, 0.5) is 10.1 Å². The smallest absolute Gasteiger partial charge is 0.274 e. The van der Waals surface area contributed by atoms with E-state index in [9.17, 15) is 13.2 Å². The normalized spacial score (nSPS) is 22.0. The summed E-state index contributed by atoms with van der Waals surface area (Å²) in [5.74, 6) is -1.09. The number of methoxy groups -OCH3 is 1. The summed E-state index contributed by atoms with van der Waals surface area (Å²) in [6, 6.07) is 7.16. The molecule has 246 valence electrons. The van der Waals surface area contributed by atoms with Gasteiger partial charge in [-0.3, -0.25) is 4.79 Å². The number of guanidine groups is 1. The van der Waals surface area contributed by atoms with Crippen molar-refractivity contribution in [1.29, 1.82) is 5.41 Å². The van der Waals surface area contributed by atoms with E-state index in [1.54, 1.807) is 13.0 Å². The molecule has 0 saturated heterocycles. The molecule has 3 rings (SSSR count). The fourth-order valence-electron chi connectivity index (χ4n) is 6.19. The highest BCUT2D eigenvalue weighted by Crippen LogP contribution is 2.53. The molecule has 45 heavy (non-hydrogen) atoms. The van der Waals surface area contributed by atoms with E-state index in [-0.39, 0.29) is 41.7 Å². The van der Waals surface area contributed by atoms with E-state index in [4.69, 9.17) is 20.9 Å². The number of rotatable bonds is 15. The Labute approximate surface area is 266 Å². The molecule has 1 aromatic heterocycles. The van der Waals surface area contributed by atoms with E-state index in [0.29, 0.717) is 25.0 Å². The SMILES string of the molecule is CCCCC=C(C=N)CC(CC)CC1(CCC)C(C)(c2cc(NC(=O)c3ccc(OC)cn3)ccc2F)N=C(N)N(C)S1(=O)=O. The highest BCUT2D eigenvalue weighted by atomic mass is 32.2. The molecule has 0 aliphatic carbocycles. The molecule has 2 aromatic rings. The Balaban J connectivity index is 2.16. The fourth-order valence-corrected chi connectivity index (χ4v) is 8.56. The molecule has 3 atom stereocenters. The lowest BCUT2D eigenvalue weighted by atomic mass is 9.71. The zero-order valence-corrected chi connectivity index (χ0v) is 28.0. The summed E-state index contributed by atoms with van der Waals surface area (Å²) in [5, 5.41) is 10.7. The molecule has 3 unspecified atom stereocenters. The molecular weight excluding hydrogens is 595 g/mol. The third-order valence-electron chi connectivity index (χ3n) is 8.88. The number of halogens is 1. The number of anilines is 1. The number of nitrogens with one attached hydrogen (secondary N) is 2. The summed E-state index contributed by atoms with van der Waals surface area (Å²) in [7, 11) is -1.31. The van der Waals surface area contributed by atoms with Gasteiger partial charge in [0.1, 0.15) is 27.5 Å². The van der Waals surface area contributed by atoms with Crippen molar-refractivity contribution in [3.05, 3.63) is 65.3 Å². The van der Waals surface area contributed by atoms with E-state index in [1.807, 2.05) is 19.9 Å². The van der Waals surface area contributed by atoms with Crippen molar-refractivity contribution in [3.8, 4) is 5.75 Å². The predicted molar refractivity (Wildman–Crippen MR) is 178 cm³/mol. The number of carbonyl (C=O) groups is 1. The molecule has 10 nitrogen and oxygen atoms in total. The van der Waals surface area contributed by atoms with Crippen molar-refractivity contribution >= 4 is 33.8 Å². The zero-order chi connectivity index (χ0) is 33.4. The van der Waals surface area contributed by atoms with Crippen LogP contribution in [0.3, 0.4) is 0 Å². The maximum absolute atomic E-state index is 16.0. The number of amides is 1. The van der Waals surface area contributed by atoms with Crippen LogP contribution in [0.2, 0.25) is 0 Å². The molecular formula is C33H47FN6O4S. The number of ether oxygens (including phenoxy) is 1. The molecule has 0 spiro atoms. The van der Waals surface area contributed by atoms with Gasteiger partial charge in [-0.2, -0.15) is 0 Å². The van der Waals surface area contributed by atoms with Crippen LogP contribution in [0.1, 0.15) is 95.1 Å². The van der Waals surface area contributed by atoms with Crippen LogP contribution in [0.5, 0.6) is 5.75 Å². The summed E-state index contributed by atoms with van der Waals surface area (Å²) in [5.41, 5.74) is 5.82. The molecule has 0 radical (unpaired) electrons. The van der Waals surface area contributed by atoms with Crippen molar-refractivity contribution in [1.82, 2.24) is 9.29 Å². The number of unbranched alkanes of at least 4 members (excludes halogenated alkanes) is 2. The van der Waals surface area contributed by atoms with Gasteiger partial charge in [0, 0.05) is 24.5 Å². The number of pyridine rings is 1. The lowest BCUT2D eigenvalue weighted by Crippen LogP contribution is -2.65. The molecule has 1 amide bonds. The van der Waals surface area contributed by atoms with Gasteiger partial charge < -0.3 is 21.2 Å². The molecule has 1 aromatic carbocycles. The summed E-state index contributed by atoms with van der Waals surface area (Å²) in [4.78, 5) is 21.9. The van der Waals surface area contributed by atoms with Crippen molar-refractivity contribution in [2.24, 2.45) is 16.6 Å². The summed E-state index contributed by atoms with van der Waals surface area (Å²) < 4.78 is 49.6. The quantitative estimate of drug-likeness (QED) is 0.151. The second-order valence-electron chi connectivity index (χ2n) is 11.7. The van der Waals surface area contributed by atoms with Crippen LogP contribution in [0, 0.1) is 17.1 Å². The Kier molecular flexibility index (Phi) is 11.9. The molecule has 0 bridgehead atoms. The third-order valence-corrected chi connectivity index (χ3v) is 11.5. The average molecular weight is 643 g/mol. The topological polar surface area (TPSA) is 151 Å². The first-order chi connectivity index (χ1) is 21.3. The second kappa shape index (κ2) is 15.0. The summed E-state index contributed by atoms with van der Waals surface area (Å²) >= 11 is 0. The molecule has 1 aliphatic heterocycles. The van der Waals surface area contributed by atoms with Crippen molar-refractivity contribution in [2.45, 2.75) is 89.3 Å². The minimum Gasteiger partial charge on any atom is -0.495 e. The maximum Gasteiger partial charge on any atom is 0.274 e.